The summed E-state index contributed by atoms with van der Waals surface area (Å²) in [6, 6.07) is 8.66. The van der Waals surface area contributed by atoms with E-state index in [1.165, 1.54) is 0 Å². The van der Waals surface area contributed by atoms with Crippen molar-refractivity contribution in [3.63, 3.8) is 0 Å². The molecule has 1 amide bonds. The van der Waals surface area contributed by atoms with E-state index in [0.29, 0.717) is 10.8 Å². The van der Waals surface area contributed by atoms with Crippen molar-refractivity contribution in [2.75, 3.05) is 5.75 Å². The van der Waals surface area contributed by atoms with E-state index in [1.54, 1.807) is 31.2 Å². The Bertz CT molecular complexity index is 1160. The van der Waals surface area contributed by atoms with Crippen LogP contribution in [0, 0.1) is 4.78 Å². The van der Waals surface area contributed by atoms with E-state index in [4.69, 9.17) is 25.2 Å². The molecule has 1 aliphatic rings. The summed E-state index contributed by atoms with van der Waals surface area (Å²) in [7, 11) is -2.70. The first kappa shape index (κ1) is 20.9. The lowest BCUT2D eigenvalue weighted by Crippen LogP contribution is -2.37. The number of hydrogen-bond acceptors (Lipinski definition) is 6. The fourth-order valence-corrected chi connectivity index (χ4v) is 4.73. The first-order chi connectivity index (χ1) is 14.3. The lowest BCUT2D eigenvalue weighted by molar-refractivity contribution is 0.0895. The SMILES string of the molecule is CCS(=N)(=O)Cc1ccc(C(=O)NC2CCC(c3nc4cc(Cl)ccc4o3)CC2)o1. The summed E-state index contributed by atoms with van der Waals surface area (Å²) in [6.07, 6.45) is 3.37. The second kappa shape index (κ2) is 8.43. The minimum absolute atomic E-state index is 0.0254. The standard InChI is InChI=1S/C21H24ClN3O4S/c1-2-30(23,27)12-16-8-10-19(28-16)20(26)24-15-6-3-13(4-7-15)21-25-17-11-14(22)5-9-18(17)29-21/h5,8-11,13,15,23H,2-4,6-7,12H2,1H3,(H,24,26). The van der Waals surface area contributed by atoms with Gasteiger partial charge in [0, 0.05) is 22.7 Å². The highest BCUT2D eigenvalue weighted by Crippen LogP contribution is 2.34. The van der Waals surface area contributed by atoms with Gasteiger partial charge in [0.05, 0.1) is 15.5 Å². The summed E-state index contributed by atoms with van der Waals surface area (Å²) in [6.45, 7) is 1.71. The topological polar surface area (TPSA) is 109 Å². The third-order valence-corrected chi connectivity index (χ3v) is 7.42. The number of fused-ring (bicyclic) bond motifs is 1. The normalized spacial score (nSPS) is 21.4. The Balaban J connectivity index is 1.33. The van der Waals surface area contributed by atoms with E-state index >= 15 is 0 Å². The van der Waals surface area contributed by atoms with Gasteiger partial charge >= 0.3 is 0 Å². The number of aromatic nitrogens is 1. The molecular weight excluding hydrogens is 426 g/mol. The van der Waals surface area contributed by atoms with Crippen molar-refractivity contribution in [1.29, 1.82) is 4.78 Å². The Morgan fingerprint density at radius 2 is 2.00 bits per heavy atom. The highest BCUT2D eigenvalue weighted by Gasteiger charge is 2.27. The van der Waals surface area contributed by atoms with E-state index < -0.39 is 9.73 Å². The number of carbonyl (C=O) groups excluding carboxylic acids is 1. The van der Waals surface area contributed by atoms with Crippen LogP contribution >= 0.6 is 11.6 Å². The Labute approximate surface area is 180 Å². The molecule has 1 saturated carbocycles. The predicted molar refractivity (Wildman–Crippen MR) is 115 cm³/mol. The monoisotopic (exact) mass is 449 g/mol. The number of amides is 1. The molecular formula is C21H24ClN3O4S. The van der Waals surface area contributed by atoms with E-state index in [0.717, 1.165) is 42.7 Å². The molecule has 2 aromatic heterocycles. The molecule has 0 spiro atoms. The third kappa shape index (κ3) is 4.70. The van der Waals surface area contributed by atoms with Gasteiger partial charge in [0.1, 0.15) is 11.3 Å². The van der Waals surface area contributed by atoms with Gasteiger partial charge in [-0.3, -0.25) is 9.57 Å². The van der Waals surface area contributed by atoms with Crippen LogP contribution in [0.3, 0.4) is 0 Å². The number of oxazole rings is 1. The second-order valence-corrected chi connectivity index (χ2v) is 10.6. The molecule has 0 saturated heterocycles. The van der Waals surface area contributed by atoms with Gasteiger partial charge in [0.15, 0.2) is 17.2 Å². The highest BCUT2D eigenvalue weighted by atomic mass is 35.5. The molecule has 2 heterocycles. The quantitative estimate of drug-likeness (QED) is 0.544. The molecule has 0 bridgehead atoms. The van der Waals surface area contributed by atoms with Crippen molar-refractivity contribution >= 4 is 38.3 Å². The van der Waals surface area contributed by atoms with Crippen LogP contribution < -0.4 is 5.32 Å². The largest absolute Gasteiger partial charge is 0.455 e. The van der Waals surface area contributed by atoms with Gasteiger partial charge in [-0.15, -0.1) is 0 Å². The number of halogens is 1. The zero-order chi connectivity index (χ0) is 21.3. The first-order valence-electron chi connectivity index (χ1n) is 10.0. The van der Waals surface area contributed by atoms with E-state index in [2.05, 4.69) is 10.3 Å². The molecule has 30 heavy (non-hydrogen) atoms. The van der Waals surface area contributed by atoms with Gasteiger partial charge in [-0.05, 0) is 56.0 Å². The molecule has 1 aromatic carbocycles. The summed E-state index contributed by atoms with van der Waals surface area (Å²) in [5.41, 5.74) is 1.50. The van der Waals surface area contributed by atoms with Crippen molar-refractivity contribution in [1.82, 2.24) is 10.3 Å². The van der Waals surface area contributed by atoms with E-state index in [-0.39, 0.29) is 35.1 Å². The van der Waals surface area contributed by atoms with Crippen LogP contribution in [-0.2, 0) is 15.5 Å². The Morgan fingerprint density at radius 3 is 2.73 bits per heavy atom. The van der Waals surface area contributed by atoms with Crippen molar-refractivity contribution in [2.45, 2.75) is 50.3 Å². The van der Waals surface area contributed by atoms with Crippen molar-refractivity contribution in [3.05, 3.63) is 52.8 Å². The maximum atomic E-state index is 12.5. The minimum Gasteiger partial charge on any atom is -0.455 e. The Kier molecular flexibility index (Phi) is 5.88. The molecule has 9 heteroatoms. The number of benzene rings is 1. The summed E-state index contributed by atoms with van der Waals surface area (Å²) in [4.78, 5) is 17.1. The molecule has 2 N–H and O–H groups in total. The highest BCUT2D eigenvalue weighted by molar-refractivity contribution is 7.91. The van der Waals surface area contributed by atoms with Crippen molar-refractivity contribution < 1.29 is 17.8 Å². The number of furan rings is 1. The number of nitrogens with zero attached hydrogens (tertiary/aromatic N) is 1. The number of nitrogens with one attached hydrogen (secondary N) is 2. The smallest absolute Gasteiger partial charge is 0.287 e. The fraction of sp³-hybridized carbons (Fsp3) is 0.429. The maximum Gasteiger partial charge on any atom is 0.287 e. The first-order valence-corrected chi connectivity index (χ1v) is 12.3. The molecule has 1 fully saturated rings. The molecule has 160 valence electrons. The third-order valence-electron chi connectivity index (χ3n) is 5.50. The van der Waals surface area contributed by atoms with Crippen LogP contribution in [0.25, 0.3) is 11.1 Å². The number of hydrogen-bond donors (Lipinski definition) is 2. The number of carbonyl (C=O) groups is 1. The van der Waals surface area contributed by atoms with E-state index in [9.17, 15) is 9.00 Å². The van der Waals surface area contributed by atoms with Crippen LogP contribution in [0.15, 0.2) is 39.2 Å². The van der Waals surface area contributed by atoms with Crippen LogP contribution in [0.4, 0.5) is 0 Å². The Hall–Kier alpha value is -2.32. The zero-order valence-corrected chi connectivity index (χ0v) is 18.2. The molecule has 0 aliphatic heterocycles. The second-order valence-electron chi connectivity index (χ2n) is 7.70. The Morgan fingerprint density at radius 1 is 1.23 bits per heavy atom. The average molecular weight is 450 g/mol. The minimum atomic E-state index is -2.70. The lowest BCUT2D eigenvalue weighted by Gasteiger charge is -2.27. The molecule has 1 unspecified atom stereocenters. The summed E-state index contributed by atoms with van der Waals surface area (Å²) >= 11 is 6.02. The van der Waals surface area contributed by atoms with Gasteiger partial charge in [0.25, 0.3) is 5.91 Å². The average Bonchev–Trinajstić information content (AvgIpc) is 3.35. The van der Waals surface area contributed by atoms with Crippen molar-refractivity contribution in [2.24, 2.45) is 0 Å². The molecule has 7 nitrogen and oxygen atoms in total. The van der Waals surface area contributed by atoms with Gasteiger partial charge in [-0.2, -0.15) is 0 Å². The van der Waals surface area contributed by atoms with E-state index in [1.807, 2.05) is 6.07 Å². The van der Waals surface area contributed by atoms with Crippen LogP contribution in [0.5, 0.6) is 0 Å². The van der Waals surface area contributed by atoms with Crippen LogP contribution in [0.2, 0.25) is 5.02 Å². The maximum absolute atomic E-state index is 12.5. The fourth-order valence-electron chi connectivity index (χ4n) is 3.74. The van der Waals surface area contributed by atoms with Crippen molar-refractivity contribution in [3.8, 4) is 0 Å². The summed E-state index contributed by atoms with van der Waals surface area (Å²) in [5, 5.41) is 3.65. The molecule has 3 aromatic rings. The van der Waals surface area contributed by atoms with Crippen LogP contribution in [0.1, 0.15) is 60.7 Å². The number of rotatable bonds is 6. The van der Waals surface area contributed by atoms with Gasteiger partial charge in [0.2, 0.25) is 0 Å². The summed E-state index contributed by atoms with van der Waals surface area (Å²) in [5.74, 6) is 1.54. The van der Waals surface area contributed by atoms with Gasteiger partial charge in [-0.1, -0.05) is 18.5 Å². The molecule has 4 rings (SSSR count). The van der Waals surface area contributed by atoms with Gasteiger partial charge in [-0.25, -0.2) is 9.19 Å². The van der Waals surface area contributed by atoms with Crippen LogP contribution in [-0.4, -0.2) is 26.9 Å². The summed E-state index contributed by atoms with van der Waals surface area (Å²) < 4.78 is 31.0. The molecule has 1 aliphatic carbocycles. The lowest BCUT2D eigenvalue weighted by atomic mass is 9.86. The molecule has 1 atom stereocenters. The van der Waals surface area contributed by atoms with Gasteiger partial charge < -0.3 is 14.2 Å². The predicted octanol–water partition coefficient (Wildman–Crippen LogP) is 5.10. The zero-order valence-electron chi connectivity index (χ0n) is 16.7. The molecule has 0 radical (unpaired) electrons.